The van der Waals surface area contributed by atoms with Gasteiger partial charge in [0.05, 0.1) is 23.5 Å². The maximum absolute atomic E-state index is 13.4. The number of hydrogen-bond donors (Lipinski definition) is 0. The summed E-state index contributed by atoms with van der Waals surface area (Å²) in [5, 5.41) is 5.32. The number of carbonyl (C=O) groups excluding carboxylic acids is 1. The molecular weight excluding hydrogens is 465 g/mol. The van der Waals surface area contributed by atoms with Crippen LogP contribution in [0, 0.1) is 18.7 Å². The summed E-state index contributed by atoms with van der Waals surface area (Å²) in [5.74, 6) is 0.619. The number of para-hydroxylation sites is 1. The van der Waals surface area contributed by atoms with E-state index in [1.54, 1.807) is 27.8 Å². The molecule has 7 heteroatoms. The van der Waals surface area contributed by atoms with Crippen molar-refractivity contribution in [3.63, 3.8) is 0 Å². The van der Waals surface area contributed by atoms with Gasteiger partial charge in [0.1, 0.15) is 11.6 Å². The average molecular weight is 492 g/mol. The van der Waals surface area contributed by atoms with E-state index in [1.807, 2.05) is 69.3 Å². The van der Waals surface area contributed by atoms with E-state index in [2.05, 4.69) is 0 Å². The highest BCUT2D eigenvalue weighted by molar-refractivity contribution is 6.30. The summed E-state index contributed by atoms with van der Waals surface area (Å²) < 4.78 is 21.5. The lowest BCUT2D eigenvalue weighted by atomic mass is 10.1. The number of aryl methyl sites for hydroxylation is 1. The minimum absolute atomic E-state index is 0.0186. The zero-order chi connectivity index (χ0) is 24.9. The molecule has 0 unspecified atom stereocenters. The molecule has 1 amide bonds. The maximum atomic E-state index is 13.4. The molecule has 0 aliphatic rings. The number of carbonyl (C=O) groups is 1. The summed E-state index contributed by atoms with van der Waals surface area (Å²) in [7, 11) is 0. The molecule has 0 N–H and O–H groups in total. The lowest BCUT2D eigenvalue weighted by Crippen LogP contribution is -2.33. The Bertz CT molecular complexity index is 1300. The first kappa shape index (κ1) is 24.5. The molecule has 0 spiro atoms. The molecule has 0 bridgehead atoms. The van der Waals surface area contributed by atoms with Crippen LogP contribution in [0.5, 0.6) is 11.6 Å². The Balaban J connectivity index is 1.77. The second-order valence-electron chi connectivity index (χ2n) is 8.65. The molecule has 0 fully saturated rings. The molecule has 0 saturated carbocycles. The molecule has 0 aliphatic carbocycles. The van der Waals surface area contributed by atoms with Crippen LogP contribution in [-0.2, 0) is 17.9 Å². The van der Waals surface area contributed by atoms with E-state index >= 15 is 0 Å². The summed E-state index contributed by atoms with van der Waals surface area (Å²) in [5.41, 5.74) is 3.10. The van der Waals surface area contributed by atoms with Gasteiger partial charge in [0.2, 0.25) is 11.8 Å². The van der Waals surface area contributed by atoms with Crippen molar-refractivity contribution >= 4 is 17.5 Å². The van der Waals surface area contributed by atoms with E-state index in [0.717, 1.165) is 22.5 Å². The molecule has 4 rings (SSSR count). The fourth-order valence-electron chi connectivity index (χ4n) is 3.79. The van der Waals surface area contributed by atoms with Crippen LogP contribution in [0.15, 0.2) is 78.9 Å². The van der Waals surface area contributed by atoms with Crippen LogP contribution in [0.4, 0.5) is 4.39 Å². The number of aromatic nitrogens is 2. The Morgan fingerprint density at radius 2 is 1.74 bits per heavy atom. The predicted molar refractivity (Wildman–Crippen MR) is 135 cm³/mol. The van der Waals surface area contributed by atoms with E-state index < -0.39 is 0 Å². The molecule has 0 saturated heterocycles. The normalized spacial score (nSPS) is 11.0. The maximum Gasteiger partial charge on any atom is 0.227 e. The summed E-state index contributed by atoms with van der Waals surface area (Å²) >= 11 is 6.25. The summed E-state index contributed by atoms with van der Waals surface area (Å²) in [4.78, 5) is 14.9. The Hall–Kier alpha value is -3.64. The minimum atomic E-state index is -0.312. The monoisotopic (exact) mass is 491 g/mol. The van der Waals surface area contributed by atoms with Crippen molar-refractivity contribution in [2.24, 2.45) is 5.92 Å². The van der Waals surface area contributed by atoms with Gasteiger partial charge in [-0.3, -0.25) is 4.79 Å². The Morgan fingerprint density at radius 3 is 2.40 bits per heavy atom. The summed E-state index contributed by atoms with van der Waals surface area (Å²) in [6.45, 7) is 6.24. The van der Waals surface area contributed by atoms with Gasteiger partial charge in [-0.25, -0.2) is 9.07 Å². The van der Waals surface area contributed by atoms with Crippen LogP contribution < -0.4 is 4.74 Å². The standard InChI is InChI=1S/C28H27ClFN3O2/c1-19(2)27(34)32(17-21-12-14-23(30)15-13-21)18-26-20(3)31-33(24-9-7-8-22(29)16-24)28(26)35-25-10-5-4-6-11-25/h4-16,19H,17-18H2,1-3H3. The molecule has 0 atom stereocenters. The molecule has 0 aliphatic heterocycles. The van der Waals surface area contributed by atoms with Crippen molar-refractivity contribution < 1.29 is 13.9 Å². The molecule has 3 aromatic carbocycles. The third kappa shape index (κ3) is 5.89. The number of ether oxygens (including phenoxy) is 1. The Morgan fingerprint density at radius 1 is 1.03 bits per heavy atom. The van der Waals surface area contributed by atoms with Crippen molar-refractivity contribution in [2.45, 2.75) is 33.9 Å². The van der Waals surface area contributed by atoms with E-state index in [0.29, 0.717) is 23.2 Å². The first-order valence-electron chi connectivity index (χ1n) is 11.4. The van der Waals surface area contributed by atoms with Crippen LogP contribution in [-0.4, -0.2) is 20.6 Å². The topological polar surface area (TPSA) is 47.4 Å². The van der Waals surface area contributed by atoms with Gasteiger partial charge >= 0.3 is 0 Å². The van der Waals surface area contributed by atoms with Gasteiger partial charge in [0, 0.05) is 17.5 Å². The fraction of sp³-hybridized carbons (Fsp3) is 0.214. The SMILES string of the molecule is Cc1nn(-c2cccc(Cl)c2)c(Oc2ccccc2)c1CN(Cc1ccc(F)cc1)C(=O)C(C)C. The van der Waals surface area contributed by atoms with Crippen molar-refractivity contribution in [3.05, 3.63) is 107 Å². The zero-order valence-corrected chi connectivity index (χ0v) is 20.7. The molecule has 180 valence electrons. The quantitative estimate of drug-likeness (QED) is 0.268. The smallest absolute Gasteiger partial charge is 0.227 e. The van der Waals surface area contributed by atoms with E-state index in [-0.39, 0.29) is 24.2 Å². The number of amides is 1. The van der Waals surface area contributed by atoms with Gasteiger partial charge in [-0.15, -0.1) is 0 Å². The zero-order valence-electron chi connectivity index (χ0n) is 19.9. The number of rotatable bonds is 8. The molecule has 1 heterocycles. The first-order chi connectivity index (χ1) is 16.8. The van der Waals surface area contributed by atoms with E-state index in [4.69, 9.17) is 21.4 Å². The molecule has 4 aromatic rings. The predicted octanol–water partition coefficient (Wildman–Crippen LogP) is 6.95. The highest BCUT2D eigenvalue weighted by atomic mass is 35.5. The van der Waals surface area contributed by atoms with Gasteiger partial charge < -0.3 is 9.64 Å². The third-order valence-corrected chi connectivity index (χ3v) is 5.82. The second kappa shape index (κ2) is 10.7. The van der Waals surface area contributed by atoms with Gasteiger partial charge in [-0.2, -0.15) is 5.10 Å². The third-order valence-electron chi connectivity index (χ3n) is 5.59. The average Bonchev–Trinajstić information content (AvgIpc) is 3.15. The second-order valence-corrected chi connectivity index (χ2v) is 9.09. The highest BCUT2D eigenvalue weighted by Crippen LogP contribution is 2.33. The number of halogens is 2. The first-order valence-corrected chi connectivity index (χ1v) is 11.8. The van der Waals surface area contributed by atoms with Crippen LogP contribution >= 0.6 is 11.6 Å². The van der Waals surface area contributed by atoms with E-state index in [9.17, 15) is 9.18 Å². The van der Waals surface area contributed by atoms with Gasteiger partial charge in [-0.05, 0) is 55.0 Å². The van der Waals surface area contributed by atoms with E-state index in [1.165, 1.54) is 12.1 Å². The van der Waals surface area contributed by atoms with Crippen molar-refractivity contribution in [1.29, 1.82) is 0 Å². The lowest BCUT2D eigenvalue weighted by molar-refractivity contribution is -0.135. The fourth-order valence-corrected chi connectivity index (χ4v) is 3.97. The van der Waals surface area contributed by atoms with Crippen molar-refractivity contribution in [2.75, 3.05) is 0 Å². The minimum Gasteiger partial charge on any atom is -0.439 e. The van der Waals surface area contributed by atoms with Gasteiger partial charge in [-0.1, -0.05) is 61.8 Å². The Kier molecular flexibility index (Phi) is 7.51. The van der Waals surface area contributed by atoms with Crippen LogP contribution in [0.2, 0.25) is 5.02 Å². The largest absolute Gasteiger partial charge is 0.439 e. The van der Waals surface area contributed by atoms with Crippen LogP contribution in [0.1, 0.15) is 30.7 Å². The van der Waals surface area contributed by atoms with Gasteiger partial charge in [0.25, 0.3) is 0 Å². The van der Waals surface area contributed by atoms with Crippen LogP contribution in [0.3, 0.4) is 0 Å². The summed E-state index contributed by atoms with van der Waals surface area (Å²) in [6.07, 6.45) is 0. The van der Waals surface area contributed by atoms with Crippen molar-refractivity contribution in [1.82, 2.24) is 14.7 Å². The molecule has 1 aromatic heterocycles. The van der Waals surface area contributed by atoms with Crippen molar-refractivity contribution in [3.8, 4) is 17.3 Å². The number of hydrogen-bond acceptors (Lipinski definition) is 3. The highest BCUT2D eigenvalue weighted by Gasteiger charge is 2.25. The summed E-state index contributed by atoms with van der Waals surface area (Å²) in [6, 6.07) is 23.0. The molecule has 0 radical (unpaired) electrons. The molecule has 35 heavy (non-hydrogen) atoms. The Labute approximate surface area is 209 Å². The molecular formula is C28H27ClFN3O2. The van der Waals surface area contributed by atoms with Gasteiger partial charge in [0.15, 0.2) is 0 Å². The molecule has 5 nitrogen and oxygen atoms in total. The lowest BCUT2D eigenvalue weighted by Gasteiger charge is -2.25. The van der Waals surface area contributed by atoms with Crippen LogP contribution in [0.25, 0.3) is 5.69 Å². The number of benzene rings is 3. The number of nitrogens with zero attached hydrogens (tertiary/aromatic N) is 3.